The van der Waals surface area contributed by atoms with Crippen molar-refractivity contribution < 1.29 is 13.9 Å². The van der Waals surface area contributed by atoms with Gasteiger partial charge in [-0.2, -0.15) is 5.26 Å². The first-order chi connectivity index (χ1) is 13.1. The zero-order valence-corrected chi connectivity index (χ0v) is 15.5. The smallest absolute Gasteiger partial charge is 0.161 e. The normalized spacial score (nSPS) is 11.0. The molecule has 27 heavy (non-hydrogen) atoms. The van der Waals surface area contributed by atoms with Gasteiger partial charge >= 0.3 is 0 Å². The summed E-state index contributed by atoms with van der Waals surface area (Å²) in [4.78, 5) is 4.54. The lowest BCUT2D eigenvalue weighted by atomic mass is 10.1. The number of anilines is 1. The summed E-state index contributed by atoms with van der Waals surface area (Å²) >= 11 is 1.36. The molecule has 0 bridgehead atoms. The maximum absolute atomic E-state index is 13.0. The molecular weight excluding hydrogens is 365 g/mol. The first-order valence-corrected chi connectivity index (χ1v) is 8.83. The summed E-state index contributed by atoms with van der Waals surface area (Å²) in [6, 6.07) is 13.5. The molecule has 0 amide bonds. The standard InChI is InChI=1S/C20H16FN3O2S/c1-25-18-8-3-13(9-19(18)26-2)17-12-27-20(24-17)14(10-22)11-23-16-6-4-15(21)5-7-16/h3-9,11-12,23H,1-2H3. The Balaban J connectivity index is 1.84. The molecule has 3 rings (SSSR count). The van der Waals surface area contributed by atoms with Gasteiger partial charge in [0.25, 0.3) is 0 Å². The molecule has 1 N–H and O–H groups in total. The summed E-state index contributed by atoms with van der Waals surface area (Å²) in [6.45, 7) is 0. The van der Waals surface area contributed by atoms with Crippen LogP contribution in [0.2, 0.25) is 0 Å². The van der Waals surface area contributed by atoms with E-state index >= 15 is 0 Å². The number of ether oxygens (including phenoxy) is 2. The van der Waals surface area contributed by atoms with Gasteiger partial charge in [-0.1, -0.05) is 0 Å². The van der Waals surface area contributed by atoms with Crippen LogP contribution in [-0.2, 0) is 0 Å². The third kappa shape index (κ3) is 4.25. The summed E-state index contributed by atoms with van der Waals surface area (Å²) in [5.41, 5.74) is 2.66. The Morgan fingerprint density at radius 3 is 2.56 bits per heavy atom. The van der Waals surface area contributed by atoms with Crippen molar-refractivity contribution >= 4 is 22.6 Å². The number of benzene rings is 2. The van der Waals surface area contributed by atoms with E-state index in [9.17, 15) is 9.65 Å². The van der Waals surface area contributed by atoms with E-state index in [0.29, 0.717) is 27.8 Å². The predicted molar refractivity (Wildman–Crippen MR) is 104 cm³/mol. The molecule has 0 aliphatic carbocycles. The molecule has 0 saturated heterocycles. The van der Waals surface area contributed by atoms with Gasteiger partial charge in [0.05, 0.1) is 19.9 Å². The predicted octanol–water partition coefficient (Wildman–Crippen LogP) is 4.94. The Kier molecular flexibility index (Phi) is 5.69. The highest BCUT2D eigenvalue weighted by Gasteiger charge is 2.11. The van der Waals surface area contributed by atoms with Gasteiger partial charge in [0.1, 0.15) is 22.5 Å². The number of hydrogen-bond acceptors (Lipinski definition) is 6. The van der Waals surface area contributed by atoms with Crippen molar-refractivity contribution in [2.75, 3.05) is 19.5 Å². The van der Waals surface area contributed by atoms with Crippen LogP contribution in [0.25, 0.3) is 16.8 Å². The molecule has 0 fully saturated rings. The van der Waals surface area contributed by atoms with E-state index in [1.165, 1.54) is 23.5 Å². The number of thiazole rings is 1. The largest absolute Gasteiger partial charge is 0.493 e. The van der Waals surface area contributed by atoms with Crippen molar-refractivity contribution in [3.63, 3.8) is 0 Å². The fraction of sp³-hybridized carbons (Fsp3) is 0.100. The van der Waals surface area contributed by atoms with Crippen LogP contribution in [-0.4, -0.2) is 19.2 Å². The third-order valence-corrected chi connectivity index (χ3v) is 4.64. The van der Waals surface area contributed by atoms with Crippen LogP contribution in [0.15, 0.2) is 54.0 Å². The SMILES string of the molecule is COc1ccc(-c2csc(C(C#N)=CNc3ccc(F)cc3)n2)cc1OC. The van der Waals surface area contributed by atoms with E-state index in [0.717, 1.165) is 11.3 Å². The van der Waals surface area contributed by atoms with Crippen LogP contribution in [0, 0.1) is 17.1 Å². The first kappa shape index (κ1) is 18.4. The summed E-state index contributed by atoms with van der Waals surface area (Å²) in [6.07, 6.45) is 1.56. The van der Waals surface area contributed by atoms with Crippen molar-refractivity contribution in [1.29, 1.82) is 5.26 Å². The van der Waals surface area contributed by atoms with Gasteiger partial charge in [-0.3, -0.25) is 0 Å². The second-order valence-corrected chi connectivity index (χ2v) is 6.29. The van der Waals surface area contributed by atoms with Gasteiger partial charge in [-0.25, -0.2) is 9.37 Å². The van der Waals surface area contributed by atoms with Crippen LogP contribution in [0.4, 0.5) is 10.1 Å². The van der Waals surface area contributed by atoms with Crippen LogP contribution >= 0.6 is 11.3 Å². The molecule has 5 nitrogen and oxygen atoms in total. The zero-order valence-electron chi connectivity index (χ0n) is 14.7. The minimum Gasteiger partial charge on any atom is -0.493 e. The number of methoxy groups -OCH3 is 2. The number of nitrogens with one attached hydrogen (secondary N) is 1. The van der Waals surface area contributed by atoms with E-state index in [4.69, 9.17) is 9.47 Å². The molecule has 0 aliphatic heterocycles. The molecular formula is C20H16FN3O2S. The molecule has 136 valence electrons. The molecule has 0 aliphatic rings. The van der Waals surface area contributed by atoms with Gasteiger partial charge in [-0.15, -0.1) is 11.3 Å². The number of hydrogen-bond donors (Lipinski definition) is 1. The number of halogens is 1. The lowest BCUT2D eigenvalue weighted by Crippen LogP contribution is -1.92. The Labute approximate surface area is 160 Å². The molecule has 0 spiro atoms. The Morgan fingerprint density at radius 2 is 1.89 bits per heavy atom. The topological polar surface area (TPSA) is 67.2 Å². The highest BCUT2D eigenvalue weighted by Crippen LogP contribution is 2.33. The highest BCUT2D eigenvalue weighted by atomic mass is 32.1. The van der Waals surface area contributed by atoms with Crippen LogP contribution < -0.4 is 14.8 Å². The molecule has 0 radical (unpaired) electrons. The van der Waals surface area contributed by atoms with Crippen molar-refractivity contribution in [3.05, 3.63) is 64.9 Å². The maximum atomic E-state index is 13.0. The summed E-state index contributed by atoms with van der Waals surface area (Å²) in [5.74, 6) is 0.931. The summed E-state index contributed by atoms with van der Waals surface area (Å²) < 4.78 is 23.5. The van der Waals surface area contributed by atoms with Crippen molar-refractivity contribution in [2.24, 2.45) is 0 Å². The lowest BCUT2D eigenvalue weighted by molar-refractivity contribution is 0.355. The highest BCUT2D eigenvalue weighted by molar-refractivity contribution is 7.11. The minimum atomic E-state index is -0.315. The van der Waals surface area contributed by atoms with E-state index in [-0.39, 0.29) is 5.82 Å². The first-order valence-electron chi connectivity index (χ1n) is 7.95. The monoisotopic (exact) mass is 381 g/mol. The Hall–Kier alpha value is -3.37. The van der Waals surface area contributed by atoms with E-state index < -0.39 is 0 Å². The second-order valence-electron chi connectivity index (χ2n) is 5.43. The maximum Gasteiger partial charge on any atom is 0.161 e. The summed E-state index contributed by atoms with van der Waals surface area (Å²) in [7, 11) is 3.16. The number of allylic oxidation sites excluding steroid dienone is 1. The molecule has 3 aromatic rings. The van der Waals surface area contributed by atoms with Crippen molar-refractivity contribution in [1.82, 2.24) is 4.98 Å². The van der Waals surface area contributed by atoms with Crippen LogP contribution in [0.3, 0.4) is 0 Å². The van der Waals surface area contributed by atoms with E-state index in [1.807, 2.05) is 23.6 Å². The van der Waals surface area contributed by atoms with Crippen molar-refractivity contribution in [2.45, 2.75) is 0 Å². The number of nitriles is 1. The molecule has 2 aromatic carbocycles. The third-order valence-electron chi connectivity index (χ3n) is 3.76. The fourth-order valence-corrected chi connectivity index (χ4v) is 3.16. The average molecular weight is 381 g/mol. The minimum absolute atomic E-state index is 0.315. The Morgan fingerprint density at radius 1 is 1.15 bits per heavy atom. The van der Waals surface area contributed by atoms with Crippen LogP contribution in [0.1, 0.15) is 5.01 Å². The number of rotatable bonds is 6. The van der Waals surface area contributed by atoms with Gasteiger partial charge in [-0.05, 0) is 42.5 Å². The molecule has 0 atom stereocenters. The van der Waals surface area contributed by atoms with Gasteiger partial charge in [0, 0.05) is 22.8 Å². The number of aromatic nitrogens is 1. The van der Waals surface area contributed by atoms with Gasteiger partial charge in [0.15, 0.2) is 11.5 Å². The fourth-order valence-electron chi connectivity index (χ4n) is 2.37. The van der Waals surface area contributed by atoms with Gasteiger partial charge in [0.2, 0.25) is 0 Å². The molecule has 7 heteroatoms. The van der Waals surface area contributed by atoms with E-state index in [2.05, 4.69) is 16.4 Å². The van der Waals surface area contributed by atoms with Gasteiger partial charge < -0.3 is 14.8 Å². The zero-order chi connectivity index (χ0) is 19.2. The average Bonchev–Trinajstić information content (AvgIpc) is 3.19. The van der Waals surface area contributed by atoms with E-state index in [1.54, 1.807) is 32.6 Å². The number of nitrogens with zero attached hydrogens (tertiary/aromatic N) is 2. The molecule has 1 aromatic heterocycles. The molecule has 0 unspecified atom stereocenters. The van der Waals surface area contributed by atoms with Crippen LogP contribution in [0.5, 0.6) is 11.5 Å². The lowest BCUT2D eigenvalue weighted by Gasteiger charge is -2.08. The quantitative estimate of drug-likeness (QED) is 0.613. The molecule has 0 saturated carbocycles. The molecule has 1 heterocycles. The van der Waals surface area contributed by atoms with Crippen molar-refractivity contribution in [3.8, 4) is 28.8 Å². The summed E-state index contributed by atoms with van der Waals surface area (Å²) in [5, 5.41) is 14.9. The Bertz CT molecular complexity index is 1010. The second kappa shape index (κ2) is 8.34.